The van der Waals surface area contributed by atoms with E-state index >= 15 is 0 Å². The number of carbonyl (C=O) groups is 1. The molecule has 1 aliphatic heterocycles. The zero-order valence-corrected chi connectivity index (χ0v) is 17.0. The lowest BCUT2D eigenvalue weighted by molar-refractivity contribution is 0.0671. The standard InChI is InChI=1S/C20H25N5OS/c1-11-6-7-15-14(9-11)16-18-22-17(20(26)24-8-4-5-12(2)10-24)23-25(18)13(3)21-19(16)27-15/h11-12H,4-10H2,1-3H3/t11-,12-/m0/s1. The van der Waals surface area contributed by atoms with E-state index in [0.717, 1.165) is 54.0 Å². The molecule has 2 atom stereocenters. The van der Waals surface area contributed by atoms with Gasteiger partial charge >= 0.3 is 0 Å². The molecule has 4 heterocycles. The van der Waals surface area contributed by atoms with Crippen LogP contribution in [0.15, 0.2) is 0 Å². The van der Waals surface area contributed by atoms with Gasteiger partial charge in [0.05, 0.1) is 5.39 Å². The normalized spacial score (nSPS) is 23.1. The molecule has 3 aromatic rings. The lowest BCUT2D eigenvalue weighted by atomic mass is 9.89. The summed E-state index contributed by atoms with van der Waals surface area (Å²) in [4.78, 5) is 26.9. The molecule has 0 unspecified atom stereocenters. The highest BCUT2D eigenvalue weighted by atomic mass is 32.1. The number of hydrogen-bond donors (Lipinski definition) is 0. The Morgan fingerprint density at radius 1 is 1.19 bits per heavy atom. The Labute approximate surface area is 162 Å². The molecule has 1 aliphatic carbocycles. The van der Waals surface area contributed by atoms with E-state index in [1.54, 1.807) is 15.9 Å². The number of piperidine rings is 1. The Balaban J connectivity index is 1.64. The summed E-state index contributed by atoms with van der Waals surface area (Å²) in [5.74, 6) is 2.28. The number of thiophene rings is 1. The lowest BCUT2D eigenvalue weighted by Gasteiger charge is -2.29. The van der Waals surface area contributed by atoms with Crippen molar-refractivity contribution in [1.29, 1.82) is 0 Å². The number of carbonyl (C=O) groups excluding carboxylic acids is 1. The molecule has 0 saturated carbocycles. The monoisotopic (exact) mass is 383 g/mol. The van der Waals surface area contributed by atoms with Crippen molar-refractivity contribution < 1.29 is 4.79 Å². The summed E-state index contributed by atoms with van der Waals surface area (Å²) in [5.41, 5.74) is 2.18. The van der Waals surface area contributed by atoms with E-state index in [9.17, 15) is 4.79 Å². The quantitative estimate of drug-likeness (QED) is 0.643. The van der Waals surface area contributed by atoms with E-state index in [4.69, 9.17) is 9.97 Å². The molecule has 142 valence electrons. The molecule has 1 fully saturated rings. The third-order valence-corrected chi connectivity index (χ3v) is 7.21. The van der Waals surface area contributed by atoms with Crippen LogP contribution < -0.4 is 0 Å². The van der Waals surface area contributed by atoms with Crippen LogP contribution in [0.4, 0.5) is 0 Å². The van der Waals surface area contributed by atoms with Crippen molar-refractivity contribution in [2.45, 2.75) is 52.9 Å². The fourth-order valence-corrected chi connectivity index (χ4v) is 5.81. The number of amides is 1. The third kappa shape index (κ3) is 2.74. The Bertz CT molecular complexity index is 1050. The van der Waals surface area contributed by atoms with E-state index in [0.29, 0.717) is 17.7 Å². The number of aryl methyl sites for hydroxylation is 2. The molecule has 7 heteroatoms. The van der Waals surface area contributed by atoms with Crippen LogP contribution in [0.2, 0.25) is 0 Å². The summed E-state index contributed by atoms with van der Waals surface area (Å²) in [7, 11) is 0. The molecular weight excluding hydrogens is 358 g/mol. The van der Waals surface area contributed by atoms with Crippen LogP contribution in [0.5, 0.6) is 0 Å². The molecule has 3 aromatic heterocycles. The number of hydrogen-bond acceptors (Lipinski definition) is 5. The first-order chi connectivity index (χ1) is 13.0. The van der Waals surface area contributed by atoms with Gasteiger partial charge in [-0.25, -0.2) is 9.97 Å². The van der Waals surface area contributed by atoms with E-state index in [1.807, 2.05) is 11.8 Å². The van der Waals surface area contributed by atoms with Crippen molar-refractivity contribution in [1.82, 2.24) is 24.5 Å². The first-order valence-corrected chi connectivity index (χ1v) is 10.8. The van der Waals surface area contributed by atoms with Gasteiger partial charge in [-0.3, -0.25) is 4.79 Å². The smallest absolute Gasteiger partial charge is 0.293 e. The van der Waals surface area contributed by atoms with Gasteiger partial charge in [0.15, 0.2) is 5.65 Å². The molecule has 0 aromatic carbocycles. The largest absolute Gasteiger partial charge is 0.336 e. The van der Waals surface area contributed by atoms with Crippen molar-refractivity contribution >= 4 is 33.1 Å². The molecule has 1 saturated heterocycles. The minimum Gasteiger partial charge on any atom is -0.336 e. The average molecular weight is 384 g/mol. The van der Waals surface area contributed by atoms with Gasteiger partial charge in [0.25, 0.3) is 5.91 Å². The number of aromatic nitrogens is 4. The Morgan fingerprint density at radius 2 is 2.04 bits per heavy atom. The summed E-state index contributed by atoms with van der Waals surface area (Å²) in [6, 6.07) is 0. The molecule has 27 heavy (non-hydrogen) atoms. The molecule has 0 N–H and O–H groups in total. The minimum atomic E-state index is -0.0461. The number of likely N-dealkylation sites (tertiary alicyclic amines) is 1. The number of rotatable bonds is 1. The van der Waals surface area contributed by atoms with E-state index in [2.05, 4.69) is 18.9 Å². The van der Waals surface area contributed by atoms with Crippen LogP contribution in [-0.2, 0) is 12.8 Å². The van der Waals surface area contributed by atoms with Gasteiger partial charge in [-0.15, -0.1) is 16.4 Å². The summed E-state index contributed by atoms with van der Waals surface area (Å²) >= 11 is 1.79. The molecule has 0 spiro atoms. The van der Waals surface area contributed by atoms with Gasteiger partial charge in [-0.1, -0.05) is 13.8 Å². The van der Waals surface area contributed by atoms with Crippen LogP contribution in [-0.4, -0.2) is 43.5 Å². The second-order valence-corrected chi connectivity index (χ2v) is 9.44. The fourth-order valence-electron chi connectivity index (χ4n) is 4.55. The maximum atomic E-state index is 13.0. The minimum absolute atomic E-state index is 0.0461. The van der Waals surface area contributed by atoms with Crippen LogP contribution >= 0.6 is 11.3 Å². The van der Waals surface area contributed by atoms with Crippen LogP contribution in [0, 0.1) is 18.8 Å². The van der Waals surface area contributed by atoms with Crippen molar-refractivity contribution in [2.75, 3.05) is 13.1 Å². The highest BCUT2D eigenvalue weighted by Crippen LogP contribution is 2.39. The number of fused-ring (bicyclic) bond motifs is 5. The SMILES string of the molecule is Cc1nc2sc3c(c2c2nc(C(=O)N4CCC[C@H](C)C4)nn12)C[C@@H](C)CC3. The summed E-state index contributed by atoms with van der Waals surface area (Å²) in [5, 5.41) is 5.68. The van der Waals surface area contributed by atoms with Gasteiger partial charge in [0.2, 0.25) is 5.82 Å². The van der Waals surface area contributed by atoms with Crippen molar-refractivity contribution in [3.8, 4) is 0 Å². The Kier molecular flexibility index (Phi) is 3.96. The molecule has 5 rings (SSSR count). The highest BCUT2D eigenvalue weighted by molar-refractivity contribution is 7.19. The van der Waals surface area contributed by atoms with E-state index in [1.165, 1.54) is 23.3 Å². The second kappa shape index (κ2) is 6.26. The van der Waals surface area contributed by atoms with Crippen molar-refractivity contribution in [3.05, 3.63) is 22.1 Å². The lowest BCUT2D eigenvalue weighted by Crippen LogP contribution is -2.39. The first kappa shape index (κ1) is 17.1. The molecule has 2 aliphatic rings. The van der Waals surface area contributed by atoms with Gasteiger partial charge in [0, 0.05) is 18.0 Å². The summed E-state index contributed by atoms with van der Waals surface area (Å²) < 4.78 is 1.77. The van der Waals surface area contributed by atoms with E-state index in [-0.39, 0.29) is 5.91 Å². The predicted octanol–water partition coefficient (Wildman–Crippen LogP) is 3.64. The van der Waals surface area contributed by atoms with Gasteiger partial charge in [-0.05, 0) is 56.4 Å². The average Bonchev–Trinajstić information content (AvgIpc) is 3.22. The van der Waals surface area contributed by atoms with Crippen LogP contribution in [0.25, 0.3) is 15.9 Å². The Hall–Kier alpha value is -2.02. The van der Waals surface area contributed by atoms with E-state index < -0.39 is 0 Å². The maximum Gasteiger partial charge on any atom is 0.293 e. The molecule has 0 bridgehead atoms. The molecule has 0 radical (unpaired) electrons. The highest BCUT2D eigenvalue weighted by Gasteiger charge is 2.28. The predicted molar refractivity (Wildman–Crippen MR) is 106 cm³/mol. The fraction of sp³-hybridized carbons (Fsp3) is 0.600. The zero-order valence-electron chi connectivity index (χ0n) is 16.2. The summed E-state index contributed by atoms with van der Waals surface area (Å²) in [6.45, 7) is 8.05. The third-order valence-electron chi connectivity index (χ3n) is 6.03. The maximum absolute atomic E-state index is 13.0. The summed E-state index contributed by atoms with van der Waals surface area (Å²) in [6.07, 6.45) is 5.66. The topological polar surface area (TPSA) is 63.4 Å². The van der Waals surface area contributed by atoms with Gasteiger partial charge in [-0.2, -0.15) is 4.52 Å². The molecule has 6 nitrogen and oxygen atoms in total. The second-order valence-electron chi connectivity index (χ2n) is 8.36. The Morgan fingerprint density at radius 3 is 2.85 bits per heavy atom. The van der Waals surface area contributed by atoms with Gasteiger partial charge in [0.1, 0.15) is 10.7 Å². The van der Waals surface area contributed by atoms with Crippen molar-refractivity contribution in [3.63, 3.8) is 0 Å². The molecular formula is C20H25N5OS. The number of nitrogens with zero attached hydrogens (tertiary/aromatic N) is 5. The zero-order chi connectivity index (χ0) is 18.7. The first-order valence-electron chi connectivity index (χ1n) is 9.98. The van der Waals surface area contributed by atoms with Gasteiger partial charge < -0.3 is 4.90 Å². The van der Waals surface area contributed by atoms with Crippen LogP contribution in [0.1, 0.15) is 60.0 Å². The molecule has 1 amide bonds. The van der Waals surface area contributed by atoms with Crippen LogP contribution in [0.3, 0.4) is 0 Å². The van der Waals surface area contributed by atoms with Crippen molar-refractivity contribution in [2.24, 2.45) is 11.8 Å².